The molecule has 6 nitrogen and oxygen atoms in total. The van der Waals surface area contributed by atoms with Crippen LogP contribution in [-0.2, 0) is 0 Å². The molecule has 0 atom stereocenters. The Balaban J connectivity index is 0.00000242. The summed E-state index contributed by atoms with van der Waals surface area (Å²) in [7, 11) is 4.51. The number of hydrogen-bond acceptors (Lipinski definition) is 5. The van der Waals surface area contributed by atoms with Gasteiger partial charge in [-0.05, 0) is 24.3 Å². The number of halogens is 1. The van der Waals surface area contributed by atoms with E-state index in [2.05, 4.69) is 10.3 Å². The van der Waals surface area contributed by atoms with Gasteiger partial charge in [0.2, 0.25) is 5.75 Å². The van der Waals surface area contributed by atoms with Crippen molar-refractivity contribution >= 4 is 24.0 Å². The van der Waals surface area contributed by atoms with Crippen molar-refractivity contribution in [3.63, 3.8) is 0 Å². The molecule has 0 saturated heterocycles. The maximum absolute atomic E-state index is 12.3. The lowest BCUT2D eigenvalue weighted by Crippen LogP contribution is -2.12. The maximum Gasteiger partial charge on any atom is 0.255 e. The van der Waals surface area contributed by atoms with Gasteiger partial charge in [0, 0.05) is 11.8 Å². The van der Waals surface area contributed by atoms with E-state index in [0.29, 0.717) is 28.5 Å². The number of carbonyl (C=O) groups is 1. The average molecular weight is 325 g/mol. The molecule has 2 rings (SSSR count). The molecule has 1 heterocycles. The van der Waals surface area contributed by atoms with Gasteiger partial charge < -0.3 is 19.5 Å². The van der Waals surface area contributed by atoms with E-state index >= 15 is 0 Å². The molecule has 1 aromatic heterocycles. The number of methoxy groups -OCH3 is 3. The summed E-state index contributed by atoms with van der Waals surface area (Å²) in [6, 6.07) is 6.67. The van der Waals surface area contributed by atoms with E-state index in [-0.39, 0.29) is 18.3 Å². The van der Waals surface area contributed by atoms with Gasteiger partial charge in [0.25, 0.3) is 5.91 Å². The number of anilines is 1. The highest BCUT2D eigenvalue weighted by Crippen LogP contribution is 2.38. The second-order valence-corrected chi connectivity index (χ2v) is 4.11. The van der Waals surface area contributed by atoms with Crippen LogP contribution in [0.25, 0.3) is 0 Å². The van der Waals surface area contributed by atoms with Crippen LogP contribution in [0.1, 0.15) is 10.4 Å². The van der Waals surface area contributed by atoms with Crippen LogP contribution in [0, 0.1) is 0 Å². The largest absolute Gasteiger partial charge is 0.493 e. The number of nitrogens with one attached hydrogen (secondary N) is 1. The first-order valence-electron chi connectivity index (χ1n) is 6.21. The van der Waals surface area contributed by atoms with Crippen LogP contribution >= 0.6 is 12.4 Å². The normalized spacial score (nSPS) is 9.41. The Morgan fingerprint density at radius 2 is 1.73 bits per heavy atom. The Hall–Kier alpha value is -2.47. The summed E-state index contributed by atoms with van der Waals surface area (Å²) in [6.45, 7) is 0. The molecule has 1 aromatic carbocycles. The zero-order valence-electron chi connectivity index (χ0n) is 12.5. The molecular formula is C15H17ClN2O4. The van der Waals surface area contributed by atoms with Gasteiger partial charge in [-0.2, -0.15) is 0 Å². The number of amides is 1. The topological polar surface area (TPSA) is 69.7 Å². The summed E-state index contributed by atoms with van der Waals surface area (Å²) in [5.74, 6) is 1.00. The van der Waals surface area contributed by atoms with Crippen molar-refractivity contribution in [3.05, 3.63) is 42.2 Å². The standard InChI is InChI=1S/C15H16N2O4.ClH/c1-19-12-7-10(8-13(20-2)14(12)21-3)15(18)17-11-5-4-6-16-9-11;/h4-9H,1-3H3,(H,17,18);1H. The molecular weight excluding hydrogens is 308 g/mol. The first-order chi connectivity index (χ1) is 10.2. The number of aromatic nitrogens is 1. The number of carbonyl (C=O) groups excluding carboxylic acids is 1. The number of benzene rings is 1. The fourth-order valence-electron chi connectivity index (χ4n) is 1.85. The van der Waals surface area contributed by atoms with Crippen molar-refractivity contribution in [2.75, 3.05) is 26.6 Å². The summed E-state index contributed by atoms with van der Waals surface area (Å²) in [5.41, 5.74) is 1.00. The quantitative estimate of drug-likeness (QED) is 0.915. The molecule has 0 radical (unpaired) electrons. The van der Waals surface area contributed by atoms with E-state index < -0.39 is 0 Å². The molecule has 22 heavy (non-hydrogen) atoms. The zero-order chi connectivity index (χ0) is 15.2. The summed E-state index contributed by atoms with van der Waals surface area (Å²) < 4.78 is 15.7. The fraction of sp³-hybridized carbons (Fsp3) is 0.200. The molecule has 0 spiro atoms. The maximum atomic E-state index is 12.3. The summed E-state index contributed by atoms with van der Waals surface area (Å²) in [6.07, 6.45) is 3.20. The third kappa shape index (κ3) is 3.79. The highest BCUT2D eigenvalue weighted by molar-refractivity contribution is 6.05. The number of ether oxygens (including phenoxy) is 3. The molecule has 0 fully saturated rings. The Kier molecular flexibility index (Phi) is 6.47. The lowest BCUT2D eigenvalue weighted by Gasteiger charge is -2.14. The minimum absolute atomic E-state index is 0. The van der Waals surface area contributed by atoms with Gasteiger partial charge in [0.1, 0.15) is 0 Å². The lowest BCUT2D eigenvalue weighted by atomic mass is 10.1. The smallest absolute Gasteiger partial charge is 0.255 e. The van der Waals surface area contributed by atoms with Crippen LogP contribution in [0.2, 0.25) is 0 Å². The van der Waals surface area contributed by atoms with E-state index in [4.69, 9.17) is 14.2 Å². The molecule has 7 heteroatoms. The van der Waals surface area contributed by atoms with Gasteiger partial charge in [-0.1, -0.05) is 0 Å². The summed E-state index contributed by atoms with van der Waals surface area (Å²) in [5, 5.41) is 2.74. The van der Waals surface area contributed by atoms with Gasteiger partial charge in [-0.25, -0.2) is 0 Å². The van der Waals surface area contributed by atoms with Crippen LogP contribution in [0.4, 0.5) is 5.69 Å². The van der Waals surface area contributed by atoms with Crippen molar-refractivity contribution in [1.29, 1.82) is 0 Å². The summed E-state index contributed by atoms with van der Waals surface area (Å²) >= 11 is 0. The number of nitrogens with zero attached hydrogens (tertiary/aromatic N) is 1. The van der Waals surface area contributed by atoms with Crippen molar-refractivity contribution in [2.24, 2.45) is 0 Å². The number of pyridine rings is 1. The van der Waals surface area contributed by atoms with E-state index in [1.807, 2.05) is 0 Å². The van der Waals surface area contributed by atoms with Gasteiger partial charge in [0.15, 0.2) is 11.5 Å². The molecule has 2 aromatic rings. The first-order valence-corrected chi connectivity index (χ1v) is 6.21. The predicted octanol–water partition coefficient (Wildman–Crippen LogP) is 2.78. The van der Waals surface area contributed by atoms with Crippen molar-refractivity contribution in [2.45, 2.75) is 0 Å². The first kappa shape index (κ1) is 17.6. The van der Waals surface area contributed by atoms with Crippen LogP contribution < -0.4 is 19.5 Å². The van der Waals surface area contributed by atoms with Crippen molar-refractivity contribution < 1.29 is 19.0 Å². The number of hydrogen-bond donors (Lipinski definition) is 1. The molecule has 1 amide bonds. The second kappa shape index (κ2) is 8.09. The minimum Gasteiger partial charge on any atom is -0.493 e. The third-order valence-electron chi connectivity index (χ3n) is 2.85. The van der Waals surface area contributed by atoms with Crippen molar-refractivity contribution in [3.8, 4) is 17.2 Å². The van der Waals surface area contributed by atoms with Gasteiger partial charge in [-0.15, -0.1) is 12.4 Å². The predicted molar refractivity (Wildman–Crippen MR) is 85.5 cm³/mol. The fourth-order valence-corrected chi connectivity index (χ4v) is 1.85. The minimum atomic E-state index is -0.290. The molecule has 0 bridgehead atoms. The molecule has 0 saturated carbocycles. The molecule has 0 aliphatic carbocycles. The Morgan fingerprint density at radius 3 is 2.18 bits per heavy atom. The second-order valence-electron chi connectivity index (χ2n) is 4.11. The highest BCUT2D eigenvalue weighted by atomic mass is 35.5. The summed E-state index contributed by atoms with van der Waals surface area (Å²) in [4.78, 5) is 16.2. The van der Waals surface area contributed by atoms with E-state index in [0.717, 1.165) is 0 Å². The van der Waals surface area contributed by atoms with Crippen LogP contribution in [0.5, 0.6) is 17.2 Å². The highest BCUT2D eigenvalue weighted by Gasteiger charge is 2.17. The van der Waals surface area contributed by atoms with Gasteiger partial charge >= 0.3 is 0 Å². The van der Waals surface area contributed by atoms with E-state index in [9.17, 15) is 4.79 Å². The van der Waals surface area contributed by atoms with Crippen LogP contribution in [-0.4, -0.2) is 32.2 Å². The number of rotatable bonds is 5. The van der Waals surface area contributed by atoms with E-state index in [1.54, 1.807) is 36.7 Å². The Bertz CT molecular complexity index is 610. The van der Waals surface area contributed by atoms with E-state index in [1.165, 1.54) is 21.3 Å². The third-order valence-corrected chi connectivity index (χ3v) is 2.85. The van der Waals surface area contributed by atoms with Gasteiger partial charge in [-0.3, -0.25) is 9.78 Å². The molecule has 0 aliphatic heterocycles. The Morgan fingerprint density at radius 1 is 1.09 bits per heavy atom. The Labute approximate surface area is 134 Å². The molecule has 118 valence electrons. The average Bonchev–Trinajstić information content (AvgIpc) is 2.54. The lowest BCUT2D eigenvalue weighted by molar-refractivity contribution is 0.102. The van der Waals surface area contributed by atoms with Gasteiger partial charge in [0.05, 0.1) is 33.2 Å². The SMILES string of the molecule is COc1cc(C(=O)Nc2cccnc2)cc(OC)c1OC.Cl. The molecule has 0 unspecified atom stereocenters. The van der Waals surface area contributed by atoms with Crippen LogP contribution in [0.3, 0.4) is 0 Å². The zero-order valence-corrected chi connectivity index (χ0v) is 13.3. The van der Waals surface area contributed by atoms with Crippen molar-refractivity contribution in [1.82, 2.24) is 4.98 Å². The molecule has 0 aliphatic rings. The van der Waals surface area contributed by atoms with Crippen LogP contribution in [0.15, 0.2) is 36.7 Å². The monoisotopic (exact) mass is 324 g/mol. The molecule has 1 N–H and O–H groups in total.